The van der Waals surface area contributed by atoms with E-state index in [-0.39, 0.29) is 6.09 Å². The number of hydrogen-bond acceptors (Lipinski definition) is 3. The Balaban J connectivity index is 1.83. The molecule has 0 bridgehead atoms. The zero-order valence-electron chi connectivity index (χ0n) is 13.2. The summed E-state index contributed by atoms with van der Waals surface area (Å²) in [7, 11) is 0. The minimum Gasteiger partial charge on any atom is -0.444 e. The van der Waals surface area contributed by atoms with Crippen LogP contribution in [0.3, 0.4) is 0 Å². The predicted octanol–water partition coefficient (Wildman–Crippen LogP) is 3.17. The fourth-order valence-electron chi connectivity index (χ4n) is 2.57. The SMILES string of the molecule is CC(C)(C)OC(=O)N1CCc2cnn(-c3ccccc3)c2C1. The van der Waals surface area contributed by atoms with Gasteiger partial charge in [0.1, 0.15) is 5.60 Å². The molecule has 0 aliphatic carbocycles. The van der Waals surface area contributed by atoms with E-state index in [1.165, 1.54) is 5.56 Å². The van der Waals surface area contributed by atoms with Crippen molar-refractivity contribution in [3.63, 3.8) is 0 Å². The first-order chi connectivity index (χ1) is 10.4. The Bertz CT molecular complexity index is 671. The summed E-state index contributed by atoms with van der Waals surface area (Å²) >= 11 is 0. The van der Waals surface area contributed by atoms with Crippen molar-refractivity contribution in [2.24, 2.45) is 0 Å². The normalized spacial score (nSPS) is 14.6. The second kappa shape index (κ2) is 5.48. The topological polar surface area (TPSA) is 47.4 Å². The summed E-state index contributed by atoms with van der Waals surface area (Å²) in [4.78, 5) is 14.0. The molecule has 1 aliphatic rings. The molecule has 5 heteroatoms. The number of fused-ring (bicyclic) bond motifs is 1. The van der Waals surface area contributed by atoms with Gasteiger partial charge in [-0.25, -0.2) is 9.48 Å². The summed E-state index contributed by atoms with van der Waals surface area (Å²) in [6.07, 6.45) is 2.44. The summed E-state index contributed by atoms with van der Waals surface area (Å²) in [6, 6.07) is 9.97. The van der Waals surface area contributed by atoms with Gasteiger partial charge in [-0.3, -0.25) is 0 Å². The molecule has 0 atom stereocenters. The van der Waals surface area contributed by atoms with Crippen molar-refractivity contribution >= 4 is 6.09 Å². The quantitative estimate of drug-likeness (QED) is 0.812. The monoisotopic (exact) mass is 299 g/mol. The van der Waals surface area contributed by atoms with Gasteiger partial charge in [0.05, 0.1) is 24.1 Å². The Morgan fingerprint density at radius 2 is 1.95 bits per heavy atom. The molecule has 0 unspecified atom stereocenters. The van der Waals surface area contributed by atoms with Crippen LogP contribution in [0.2, 0.25) is 0 Å². The molecule has 1 amide bonds. The Hall–Kier alpha value is -2.30. The van der Waals surface area contributed by atoms with Crippen LogP contribution in [0.1, 0.15) is 32.0 Å². The lowest BCUT2D eigenvalue weighted by Gasteiger charge is -2.30. The van der Waals surface area contributed by atoms with E-state index >= 15 is 0 Å². The third-order valence-electron chi connectivity index (χ3n) is 3.60. The third kappa shape index (κ3) is 2.98. The van der Waals surface area contributed by atoms with Crippen LogP contribution < -0.4 is 0 Å². The summed E-state index contributed by atoms with van der Waals surface area (Å²) < 4.78 is 7.38. The maximum absolute atomic E-state index is 12.3. The summed E-state index contributed by atoms with van der Waals surface area (Å²) in [5, 5.41) is 4.47. The van der Waals surface area contributed by atoms with Crippen molar-refractivity contribution in [2.45, 2.75) is 39.3 Å². The van der Waals surface area contributed by atoms with E-state index in [1.807, 2.05) is 62.0 Å². The molecule has 0 N–H and O–H groups in total. The molecule has 0 saturated carbocycles. The number of amides is 1. The highest BCUT2D eigenvalue weighted by molar-refractivity contribution is 5.68. The first-order valence-corrected chi connectivity index (χ1v) is 7.53. The van der Waals surface area contributed by atoms with E-state index in [1.54, 1.807) is 4.90 Å². The van der Waals surface area contributed by atoms with Crippen molar-refractivity contribution in [1.29, 1.82) is 0 Å². The molecular formula is C17H21N3O2. The summed E-state index contributed by atoms with van der Waals surface area (Å²) in [6.45, 7) is 6.85. The number of para-hydroxylation sites is 1. The van der Waals surface area contributed by atoms with Crippen LogP contribution in [-0.2, 0) is 17.7 Å². The van der Waals surface area contributed by atoms with Crippen molar-refractivity contribution < 1.29 is 9.53 Å². The molecule has 3 rings (SSSR count). The largest absolute Gasteiger partial charge is 0.444 e. The first-order valence-electron chi connectivity index (χ1n) is 7.53. The summed E-state index contributed by atoms with van der Waals surface area (Å²) in [5.74, 6) is 0. The second-order valence-corrected chi connectivity index (χ2v) is 6.52. The van der Waals surface area contributed by atoms with Gasteiger partial charge in [-0.15, -0.1) is 0 Å². The molecule has 5 nitrogen and oxygen atoms in total. The van der Waals surface area contributed by atoms with Gasteiger partial charge >= 0.3 is 6.09 Å². The summed E-state index contributed by atoms with van der Waals surface area (Å²) in [5.41, 5.74) is 2.79. The standard InChI is InChI=1S/C17H21N3O2/c1-17(2,3)22-16(21)19-10-9-13-11-18-20(15(13)12-19)14-7-5-4-6-8-14/h4-8,11H,9-10,12H2,1-3H3. The smallest absolute Gasteiger partial charge is 0.410 e. The number of carbonyl (C=O) groups is 1. The van der Waals surface area contributed by atoms with Crippen LogP contribution >= 0.6 is 0 Å². The van der Waals surface area contributed by atoms with E-state index in [2.05, 4.69) is 5.10 Å². The molecule has 22 heavy (non-hydrogen) atoms. The molecule has 1 aromatic carbocycles. The molecule has 0 radical (unpaired) electrons. The number of benzene rings is 1. The zero-order valence-corrected chi connectivity index (χ0v) is 13.2. The lowest BCUT2D eigenvalue weighted by Crippen LogP contribution is -2.40. The molecule has 2 aromatic rings. The van der Waals surface area contributed by atoms with Crippen LogP contribution in [0.15, 0.2) is 36.5 Å². The minimum absolute atomic E-state index is 0.265. The Morgan fingerprint density at radius 3 is 2.64 bits per heavy atom. The van der Waals surface area contributed by atoms with Gasteiger partial charge in [0, 0.05) is 6.54 Å². The predicted molar refractivity (Wildman–Crippen MR) is 83.9 cm³/mol. The molecule has 2 heterocycles. The van der Waals surface area contributed by atoms with Crippen molar-refractivity contribution in [3.05, 3.63) is 47.8 Å². The third-order valence-corrected chi connectivity index (χ3v) is 3.60. The fourth-order valence-corrected chi connectivity index (χ4v) is 2.57. The Labute approximate surface area is 130 Å². The molecular weight excluding hydrogens is 278 g/mol. The molecule has 0 spiro atoms. The highest BCUT2D eigenvalue weighted by Crippen LogP contribution is 2.23. The van der Waals surface area contributed by atoms with E-state index in [9.17, 15) is 4.79 Å². The second-order valence-electron chi connectivity index (χ2n) is 6.52. The number of carbonyl (C=O) groups excluding carboxylic acids is 1. The van der Waals surface area contributed by atoms with Gasteiger partial charge in [0.15, 0.2) is 0 Å². The van der Waals surface area contributed by atoms with Gasteiger partial charge in [0.25, 0.3) is 0 Å². The fraction of sp³-hybridized carbons (Fsp3) is 0.412. The average molecular weight is 299 g/mol. The van der Waals surface area contributed by atoms with Crippen molar-refractivity contribution in [1.82, 2.24) is 14.7 Å². The average Bonchev–Trinajstić information content (AvgIpc) is 2.89. The van der Waals surface area contributed by atoms with Gasteiger partial charge < -0.3 is 9.64 Å². The van der Waals surface area contributed by atoms with Crippen molar-refractivity contribution in [2.75, 3.05) is 6.54 Å². The number of hydrogen-bond donors (Lipinski definition) is 0. The van der Waals surface area contributed by atoms with E-state index in [0.717, 1.165) is 17.8 Å². The molecule has 0 fully saturated rings. The van der Waals surface area contributed by atoms with Crippen LogP contribution in [0, 0.1) is 0 Å². The van der Waals surface area contributed by atoms with Crippen LogP contribution in [0.25, 0.3) is 5.69 Å². The number of rotatable bonds is 1. The van der Waals surface area contributed by atoms with E-state index in [0.29, 0.717) is 13.1 Å². The first kappa shape index (κ1) is 14.6. The van der Waals surface area contributed by atoms with Crippen LogP contribution in [0.5, 0.6) is 0 Å². The minimum atomic E-state index is -0.475. The van der Waals surface area contributed by atoms with Gasteiger partial charge in [-0.05, 0) is 44.9 Å². The Kier molecular flexibility index (Phi) is 3.64. The molecule has 1 aliphatic heterocycles. The van der Waals surface area contributed by atoms with E-state index in [4.69, 9.17) is 4.74 Å². The Morgan fingerprint density at radius 1 is 1.23 bits per heavy atom. The van der Waals surface area contributed by atoms with E-state index < -0.39 is 5.60 Å². The molecule has 1 aromatic heterocycles. The molecule has 116 valence electrons. The van der Waals surface area contributed by atoms with Crippen LogP contribution in [-0.4, -0.2) is 32.9 Å². The number of nitrogens with zero attached hydrogens (tertiary/aromatic N) is 3. The van der Waals surface area contributed by atoms with Crippen molar-refractivity contribution in [3.8, 4) is 5.69 Å². The van der Waals surface area contributed by atoms with Gasteiger partial charge in [0.2, 0.25) is 0 Å². The maximum Gasteiger partial charge on any atom is 0.410 e. The lowest BCUT2D eigenvalue weighted by atomic mass is 10.1. The lowest BCUT2D eigenvalue weighted by molar-refractivity contribution is 0.0220. The maximum atomic E-state index is 12.3. The highest BCUT2D eigenvalue weighted by Gasteiger charge is 2.28. The zero-order chi connectivity index (χ0) is 15.7. The highest BCUT2D eigenvalue weighted by atomic mass is 16.6. The number of ether oxygens (including phenoxy) is 1. The van der Waals surface area contributed by atoms with Crippen LogP contribution in [0.4, 0.5) is 4.79 Å². The van der Waals surface area contributed by atoms with Gasteiger partial charge in [-0.1, -0.05) is 18.2 Å². The number of aromatic nitrogens is 2. The molecule has 0 saturated heterocycles. The van der Waals surface area contributed by atoms with Gasteiger partial charge in [-0.2, -0.15) is 5.10 Å².